The first-order valence-corrected chi connectivity index (χ1v) is 9.15. The van der Waals surface area contributed by atoms with Crippen molar-refractivity contribution in [2.45, 2.75) is 49.5 Å². The largest absolute Gasteiger partial charge is 0.457 e. The normalized spacial score (nSPS) is 27.8. The van der Waals surface area contributed by atoms with Crippen molar-refractivity contribution in [2.24, 2.45) is 0 Å². The fourth-order valence-electron chi connectivity index (χ4n) is 4.29. The quantitative estimate of drug-likeness (QED) is 0.693. The number of rotatable bonds is 6. The van der Waals surface area contributed by atoms with Gasteiger partial charge in [0.25, 0.3) is 0 Å². The average molecular weight is 336 g/mol. The summed E-state index contributed by atoms with van der Waals surface area (Å²) < 4.78 is 12.3. The van der Waals surface area contributed by atoms with Gasteiger partial charge in [-0.3, -0.25) is 0 Å². The number of aldehydes is 1. The van der Waals surface area contributed by atoms with Gasteiger partial charge in [0.15, 0.2) is 0 Å². The van der Waals surface area contributed by atoms with E-state index >= 15 is 0 Å². The lowest BCUT2D eigenvalue weighted by atomic mass is 9.62. The summed E-state index contributed by atoms with van der Waals surface area (Å²) >= 11 is 0. The van der Waals surface area contributed by atoms with Crippen molar-refractivity contribution in [3.8, 4) is 11.5 Å². The molecule has 2 saturated heterocycles. The van der Waals surface area contributed by atoms with Crippen molar-refractivity contribution < 1.29 is 14.3 Å². The third-order valence-corrected chi connectivity index (χ3v) is 5.92. The minimum atomic E-state index is -0.0548. The average Bonchev–Trinajstić information content (AvgIpc) is 2.69. The molecule has 2 aromatic rings. The second-order valence-electron chi connectivity index (χ2n) is 7.40. The van der Waals surface area contributed by atoms with E-state index in [0.717, 1.165) is 56.5 Å². The van der Waals surface area contributed by atoms with E-state index in [0.29, 0.717) is 6.42 Å². The van der Waals surface area contributed by atoms with Gasteiger partial charge in [-0.2, -0.15) is 0 Å². The molecule has 25 heavy (non-hydrogen) atoms. The van der Waals surface area contributed by atoms with Crippen molar-refractivity contribution in [3.05, 3.63) is 60.2 Å². The van der Waals surface area contributed by atoms with Crippen LogP contribution in [-0.4, -0.2) is 18.5 Å². The van der Waals surface area contributed by atoms with Gasteiger partial charge in [-0.1, -0.05) is 30.3 Å². The van der Waals surface area contributed by atoms with Gasteiger partial charge in [0.2, 0.25) is 0 Å². The molecule has 0 N–H and O–H groups in total. The van der Waals surface area contributed by atoms with Crippen molar-refractivity contribution in [1.82, 2.24) is 0 Å². The second-order valence-corrected chi connectivity index (χ2v) is 7.40. The molecule has 0 spiro atoms. The molecule has 3 nitrogen and oxygen atoms in total. The lowest BCUT2D eigenvalue weighted by molar-refractivity contribution is -0.161. The van der Waals surface area contributed by atoms with Crippen LogP contribution in [0.25, 0.3) is 0 Å². The Balaban J connectivity index is 1.51. The molecular weight excluding hydrogens is 312 g/mol. The number of benzene rings is 2. The summed E-state index contributed by atoms with van der Waals surface area (Å²) in [5.74, 6) is 1.73. The molecule has 3 aliphatic rings. The van der Waals surface area contributed by atoms with Crippen LogP contribution in [0.2, 0.25) is 0 Å². The highest BCUT2D eigenvalue weighted by atomic mass is 16.5. The first kappa shape index (κ1) is 16.3. The van der Waals surface area contributed by atoms with E-state index in [9.17, 15) is 4.79 Å². The summed E-state index contributed by atoms with van der Waals surface area (Å²) in [5, 5.41) is 0. The second kappa shape index (κ2) is 6.64. The third-order valence-electron chi connectivity index (χ3n) is 5.92. The zero-order valence-corrected chi connectivity index (χ0v) is 14.4. The maximum atomic E-state index is 10.7. The minimum Gasteiger partial charge on any atom is -0.457 e. The SMILES string of the molecule is O=CCCC12CCC(c3cccc(Oc4ccccc4)c3)(CC1)CO2. The Bertz CT molecular complexity index is 713. The molecule has 1 aliphatic carbocycles. The van der Waals surface area contributed by atoms with Gasteiger partial charge in [-0.05, 0) is 61.9 Å². The van der Waals surface area contributed by atoms with Crippen molar-refractivity contribution >= 4 is 6.29 Å². The number of para-hydroxylation sites is 1. The van der Waals surface area contributed by atoms with Crippen molar-refractivity contribution in [3.63, 3.8) is 0 Å². The molecule has 0 unspecified atom stereocenters. The highest BCUT2D eigenvalue weighted by Crippen LogP contribution is 2.52. The van der Waals surface area contributed by atoms with E-state index in [1.54, 1.807) is 0 Å². The molecular formula is C22H24O3. The summed E-state index contributed by atoms with van der Waals surface area (Å²) in [5.41, 5.74) is 1.35. The highest BCUT2D eigenvalue weighted by molar-refractivity contribution is 5.49. The molecule has 0 radical (unpaired) electrons. The Labute approximate surface area is 149 Å². The van der Waals surface area contributed by atoms with E-state index in [-0.39, 0.29) is 11.0 Å². The molecule has 5 rings (SSSR count). The molecule has 0 atom stereocenters. The fraction of sp³-hybridized carbons (Fsp3) is 0.409. The number of carbonyl (C=O) groups excluding carboxylic acids is 1. The molecule has 2 bridgehead atoms. The van der Waals surface area contributed by atoms with E-state index in [1.165, 1.54) is 5.56 Å². The summed E-state index contributed by atoms with van der Waals surface area (Å²) in [7, 11) is 0. The van der Waals surface area contributed by atoms with Crippen LogP contribution in [0.1, 0.15) is 44.1 Å². The Morgan fingerprint density at radius 2 is 1.72 bits per heavy atom. The van der Waals surface area contributed by atoms with Crippen molar-refractivity contribution in [1.29, 1.82) is 0 Å². The van der Waals surface area contributed by atoms with Crippen LogP contribution >= 0.6 is 0 Å². The van der Waals surface area contributed by atoms with Crippen LogP contribution in [0.15, 0.2) is 54.6 Å². The number of hydrogen-bond acceptors (Lipinski definition) is 3. The monoisotopic (exact) mass is 336 g/mol. The molecule has 3 fully saturated rings. The Morgan fingerprint density at radius 1 is 0.960 bits per heavy atom. The van der Waals surface area contributed by atoms with Crippen LogP contribution in [0.4, 0.5) is 0 Å². The van der Waals surface area contributed by atoms with E-state index in [2.05, 4.69) is 18.2 Å². The van der Waals surface area contributed by atoms with Gasteiger partial charge < -0.3 is 14.3 Å². The predicted octanol–water partition coefficient (Wildman–Crippen LogP) is 5.04. The molecule has 130 valence electrons. The smallest absolute Gasteiger partial charge is 0.127 e. The van der Waals surface area contributed by atoms with Crippen molar-refractivity contribution in [2.75, 3.05) is 6.61 Å². The van der Waals surface area contributed by atoms with Crippen LogP contribution in [0, 0.1) is 0 Å². The van der Waals surface area contributed by atoms with E-state index < -0.39 is 0 Å². The number of ether oxygens (including phenoxy) is 2. The molecule has 2 aliphatic heterocycles. The van der Waals surface area contributed by atoms with Crippen LogP contribution in [-0.2, 0) is 14.9 Å². The maximum Gasteiger partial charge on any atom is 0.127 e. The standard InChI is InChI=1S/C22H24O3/c23-15-5-10-22-13-11-21(12-14-22,17-24-22)18-6-4-9-20(16-18)25-19-7-2-1-3-8-19/h1-4,6-9,15-16H,5,10-14,17H2. The van der Waals surface area contributed by atoms with Crippen LogP contribution in [0.3, 0.4) is 0 Å². The zero-order chi connectivity index (χ0) is 17.2. The van der Waals surface area contributed by atoms with Gasteiger partial charge in [0.05, 0.1) is 12.2 Å². The van der Waals surface area contributed by atoms with Crippen LogP contribution in [0.5, 0.6) is 11.5 Å². The number of carbonyl (C=O) groups is 1. The van der Waals surface area contributed by atoms with Gasteiger partial charge in [0.1, 0.15) is 17.8 Å². The van der Waals surface area contributed by atoms with Crippen LogP contribution < -0.4 is 4.74 Å². The minimum absolute atomic E-state index is 0.0548. The Hall–Kier alpha value is -2.13. The fourth-order valence-corrected chi connectivity index (χ4v) is 4.29. The van der Waals surface area contributed by atoms with Gasteiger partial charge in [0, 0.05) is 11.8 Å². The van der Waals surface area contributed by atoms with Gasteiger partial charge >= 0.3 is 0 Å². The number of hydrogen-bond donors (Lipinski definition) is 0. The molecule has 3 heteroatoms. The summed E-state index contributed by atoms with van der Waals surface area (Å²) in [6, 6.07) is 18.3. The summed E-state index contributed by atoms with van der Waals surface area (Å²) in [6.45, 7) is 0.751. The molecule has 2 heterocycles. The van der Waals surface area contributed by atoms with Gasteiger partial charge in [-0.15, -0.1) is 0 Å². The van der Waals surface area contributed by atoms with E-state index in [1.807, 2.05) is 36.4 Å². The Morgan fingerprint density at radius 3 is 2.40 bits per heavy atom. The summed E-state index contributed by atoms with van der Waals surface area (Å²) in [4.78, 5) is 10.7. The molecule has 0 aromatic heterocycles. The molecule has 0 amide bonds. The number of fused-ring (bicyclic) bond motifs is 3. The maximum absolute atomic E-state index is 10.7. The first-order valence-electron chi connectivity index (χ1n) is 9.15. The third kappa shape index (κ3) is 3.21. The van der Waals surface area contributed by atoms with Gasteiger partial charge in [-0.25, -0.2) is 0 Å². The molecule has 2 aromatic carbocycles. The first-order chi connectivity index (χ1) is 12.2. The highest BCUT2D eigenvalue weighted by Gasteiger charge is 2.50. The van der Waals surface area contributed by atoms with E-state index in [4.69, 9.17) is 9.47 Å². The predicted molar refractivity (Wildman–Crippen MR) is 97.1 cm³/mol. The summed E-state index contributed by atoms with van der Waals surface area (Å²) in [6.07, 6.45) is 6.83. The lowest BCUT2D eigenvalue weighted by Gasteiger charge is -2.53. The lowest BCUT2D eigenvalue weighted by Crippen LogP contribution is -2.53. The Kier molecular flexibility index (Phi) is 4.34. The zero-order valence-electron chi connectivity index (χ0n) is 14.4. The molecule has 1 saturated carbocycles. The topological polar surface area (TPSA) is 35.5 Å².